The van der Waals surface area contributed by atoms with Crippen LogP contribution in [0.5, 0.6) is 0 Å². The first kappa shape index (κ1) is 16.3. The molecule has 0 saturated carbocycles. The van der Waals surface area contributed by atoms with Gasteiger partial charge in [-0.2, -0.15) is 5.10 Å². The molecule has 2 aromatic heterocycles. The molecule has 0 spiro atoms. The summed E-state index contributed by atoms with van der Waals surface area (Å²) >= 11 is 0. The third-order valence-corrected chi connectivity index (χ3v) is 4.54. The highest BCUT2D eigenvalue weighted by Crippen LogP contribution is 2.24. The molecule has 0 bridgehead atoms. The molecule has 0 aliphatic carbocycles. The number of hydrogen-bond acceptors (Lipinski definition) is 3. The Morgan fingerprint density at radius 1 is 1.00 bits per heavy atom. The summed E-state index contributed by atoms with van der Waals surface area (Å²) in [7, 11) is 0. The van der Waals surface area contributed by atoms with E-state index in [2.05, 4.69) is 5.10 Å². The van der Waals surface area contributed by atoms with E-state index < -0.39 is 0 Å². The van der Waals surface area contributed by atoms with Crippen LogP contribution in [0.1, 0.15) is 16.7 Å². The Morgan fingerprint density at radius 3 is 2.42 bits per heavy atom. The minimum Gasteiger partial charge on any atom is -0.392 e. The molecule has 26 heavy (non-hydrogen) atoms. The van der Waals surface area contributed by atoms with Gasteiger partial charge in [0.2, 0.25) is 0 Å². The van der Waals surface area contributed by atoms with Gasteiger partial charge in [-0.3, -0.25) is 4.79 Å². The zero-order valence-electron chi connectivity index (χ0n) is 14.5. The molecule has 0 saturated heterocycles. The zero-order valence-corrected chi connectivity index (χ0v) is 14.5. The van der Waals surface area contributed by atoms with Gasteiger partial charge in [0.15, 0.2) is 0 Å². The fraction of sp³-hybridized carbons (Fsp3) is 0.143. The summed E-state index contributed by atoms with van der Waals surface area (Å²) in [5.74, 6) is 0. The summed E-state index contributed by atoms with van der Waals surface area (Å²) in [5.41, 5.74) is 4.56. The van der Waals surface area contributed by atoms with E-state index in [9.17, 15) is 9.90 Å². The molecule has 0 aliphatic rings. The normalized spacial score (nSPS) is 11.2. The predicted molar refractivity (Wildman–Crippen MR) is 101 cm³/mol. The summed E-state index contributed by atoms with van der Waals surface area (Å²) in [4.78, 5) is 13.0. The van der Waals surface area contributed by atoms with E-state index in [4.69, 9.17) is 0 Å². The SMILES string of the molecule is Cc1ccc(Cn2ccn3nc(-c4ccccc4)c(CO)c3c2=O)cc1. The summed E-state index contributed by atoms with van der Waals surface area (Å²) < 4.78 is 3.21. The van der Waals surface area contributed by atoms with Crippen molar-refractivity contribution in [3.8, 4) is 11.3 Å². The molecule has 0 fully saturated rings. The fourth-order valence-corrected chi connectivity index (χ4v) is 3.14. The molecule has 0 aliphatic heterocycles. The van der Waals surface area contributed by atoms with Gasteiger partial charge >= 0.3 is 0 Å². The van der Waals surface area contributed by atoms with Gasteiger partial charge in [-0.15, -0.1) is 0 Å². The Morgan fingerprint density at radius 2 is 1.73 bits per heavy atom. The number of aliphatic hydroxyl groups excluding tert-OH is 1. The van der Waals surface area contributed by atoms with Gasteiger partial charge < -0.3 is 9.67 Å². The molecular weight excluding hydrogens is 326 g/mol. The first-order chi connectivity index (χ1) is 12.7. The monoisotopic (exact) mass is 345 g/mol. The highest BCUT2D eigenvalue weighted by atomic mass is 16.3. The van der Waals surface area contributed by atoms with Crippen molar-refractivity contribution < 1.29 is 5.11 Å². The second kappa shape index (κ2) is 6.61. The number of aromatic nitrogens is 3. The second-order valence-corrected chi connectivity index (χ2v) is 6.36. The van der Waals surface area contributed by atoms with Crippen molar-refractivity contribution in [2.24, 2.45) is 0 Å². The zero-order chi connectivity index (χ0) is 18.1. The van der Waals surface area contributed by atoms with Crippen LogP contribution < -0.4 is 5.56 Å². The van der Waals surface area contributed by atoms with Gasteiger partial charge in [-0.05, 0) is 12.5 Å². The van der Waals surface area contributed by atoms with E-state index in [-0.39, 0.29) is 12.2 Å². The molecule has 1 N–H and O–H groups in total. The average molecular weight is 345 g/mol. The average Bonchev–Trinajstić information content (AvgIpc) is 3.06. The predicted octanol–water partition coefficient (Wildman–Crippen LogP) is 3.01. The van der Waals surface area contributed by atoms with Crippen molar-refractivity contribution in [2.75, 3.05) is 0 Å². The Balaban J connectivity index is 1.84. The number of nitrogens with zero attached hydrogens (tertiary/aromatic N) is 3. The lowest BCUT2D eigenvalue weighted by molar-refractivity contribution is 0.283. The molecule has 4 aromatic rings. The first-order valence-corrected chi connectivity index (χ1v) is 8.50. The van der Waals surface area contributed by atoms with Crippen molar-refractivity contribution in [3.63, 3.8) is 0 Å². The van der Waals surface area contributed by atoms with Crippen molar-refractivity contribution >= 4 is 5.52 Å². The molecule has 5 nitrogen and oxygen atoms in total. The fourth-order valence-electron chi connectivity index (χ4n) is 3.14. The van der Waals surface area contributed by atoms with Crippen LogP contribution >= 0.6 is 0 Å². The van der Waals surface area contributed by atoms with Gasteiger partial charge in [-0.1, -0.05) is 60.2 Å². The van der Waals surface area contributed by atoms with Gasteiger partial charge in [0, 0.05) is 23.5 Å². The van der Waals surface area contributed by atoms with Gasteiger partial charge in [0.1, 0.15) is 5.52 Å². The Kier molecular flexibility index (Phi) is 4.14. The minimum absolute atomic E-state index is 0.160. The molecule has 0 radical (unpaired) electrons. The van der Waals surface area contributed by atoms with E-state index in [1.165, 1.54) is 5.56 Å². The summed E-state index contributed by atoms with van der Waals surface area (Å²) in [5, 5.41) is 14.4. The maximum atomic E-state index is 13.0. The molecule has 130 valence electrons. The van der Waals surface area contributed by atoms with Crippen molar-refractivity contribution in [3.05, 3.63) is 94.0 Å². The summed E-state index contributed by atoms with van der Waals surface area (Å²) in [6, 6.07) is 17.7. The van der Waals surface area contributed by atoms with Crippen LogP contribution in [-0.4, -0.2) is 19.3 Å². The van der Waals surface area contributed by atoms with Gasteiger partial charge in [0.05, 0.1) is 18.8 Å². The third-order valence-electron chi connectivity index (χ3n) is 4.54. The molecule has 2 heterocycles. The summed E-state index contributed by atoms with van der Waals surface area (Å²) in [6.45, 7) is 2.27. The number of rotatable bonds is 4. The summed E-state index contributed by atoms with van der Waals surface area (Å²) in [6.07, 6.45) is 3.49. The van der Waals surface area contributed by atoms with Crippen LogP contribution in [0, 0.1) is 6.92 Å². The van der Waals surface area contributed by atoms with Crippen LogP contribution in [0.4, 0.5) is 0 Å². The van der Waals surface area contributed by atoms with E-state index in [0.717, 1.165) is 11.1 Å². The van der Waals surface area contributed by atoms with Crippen LogP contribution in [0.25, 0.3) is 16.8 Å². The largest absolute Gasteiger partial charge is 0.392 e. The van der Waals surface area contributed by atoms with Crippen LogP contribution in [-0.2, 0) is 13.2 Å². The molecule has 2 aromatic carbocycles. The Labute approximate surface area is 150 Å². The number of aryl methyl sites for hydroxylation is 1. The van der Waals surface area contributed by atoms with E-state index in [1.54, 1.807) is 21.5 Å². The van der Waals surface area contributed by atoms with Crippen LogP contribution in [0.3, 0.4) is 0 Å². The number of hydrogen-bond donors (Lipinski definition) is 1. The van der Waals surface area contributed by atoms with E-state index >= 15 is 0 Å². The Hall–Kier alpha value is -3.18. The van der Waals surface area contributed by atoms with Crippen LogP contribution in [0.15, 0.2) is 71.8 Å². The van der Waals surface area contributed by atoms with Crippen molar-refractivity contribution in [2.45, 2.75) is 20.1 Å². The third kappa shape index (κ3) is 2.82. The van der Waals surface area contributed by atoms with E-state index in [0.29, 0.717) is 23.3 Å². The lowest BCUT2D eigenvalue weighted by Crippen LogP contribution is -2.22. The highest BCUT2D eigenvalue weighted by molar-refractivity contribution is 5.72. The lowest BCUT2D eigenvalue weighted by Gasteiger charge is -2.07. The lowest BCUT2D eigenvalue weighted by atomic mass is 10.1. The smallest absolute Gasteiger partial charge is 0.277 e. The van der Waals surface area contributed by atoms with Gasteiger partial charge in [0.25, 0.3) is 5.56 Å². The number of fused-ring (bicyclic) bond motifs is 1. The van der Waals surface area contributed by atoms with E-state index in [1.807, 2.05) is 61.5 Å². The number of aliphatic hydroxyl groups is 1. The van der Waals surface area contributed by atoms with Crippen LogP contribution in [0.2, 0.25) is 0 Å². The highest BCUT2D eigenvalue weighted by Gasteiger charge is 2.17. The maximum absolute atomic E-state index is 13.0. The topological polar surface area (TPSA) is 59.5 Å². The van der Waals surface area contributed by atoms with Gasteiger partial charge in [-0.25, -0.2) is 4.52 Å². The second-order valence-electron chi connectivity index (χ2n) is 6.36. The molecule has 5 heteroatoms. The Bertz CT molecular complexity index is 1110. The molecular formula is C21H19N3O2. The quantitative estimate of drug-likeness (QED) is 0.618. The molecule has 4 rings (SSSR count). The number of benzene rings is 2. The molecule has 0 unspecified atom stereocenters. The standard InChI is InChI=1S/C21H19N3O2/c1-15-7-9-16(10-8-15)13-23-11-12-24-20(21(23)26)18(14-25)19(22-24)17-5-3-2-4-6-17/h2-12,25H,13-14H2,1H3. The van der Waals surface area contributed by atoms with Crippen molar-refractivity contribution in [1.82, 2.24) is 14.2 Å². The molecule has 0 amide bonds. The maximum Gasteiger partial charge on any atom is 0.277 e. The first-order valence-electron chi connectivity index (χ1n) is 8.50. The molecule has 0 atom stereocenters. The van der Waals surface area contributed by atoms with Crippen molar-refractivity contribution in [1.29, 1.82) is 0 Å². The minimum atomic E-state index is -0.239.